The second-order valence-electron chi connectivity index (χ2n) is 8.66. The smallest absolute Gasteiger partial charge is 0.338 e. The van der Waals surface area contributed by atoms with Crippen molar-refractivity contribution in [2.45, 2.75) is 46.1 Å². The van der Waals surface area contributed by atoms with Crippen LogP contribution in [0.2, 0.25) is 0 Å². The van der Waals surface area contributed by atoms with Gasteiger partial charge in [0.1, 0.15) is 0 Å². The number of hydrogen-bond donors (Lipinski definition) is 0. The summed E-state index contributed by atoms with van der Waals surface area (Å²) in [4.78, 5) is 26.6. The zero-order valence-electron chi connectivity index (χ0n) is 15.8. The number of benzene rings is 1. The maximum Gasteiger partial charge on any atom is 0.338 e. The number of carbonyl (C=O) groups is 2. The number of halogens is 1. The van der Waals surface area contributed by atoms with Crippen molar-refractivity contribution in [3.05, 3.63) is 29.6 Å². The predicted molar refractivity (Wildman–Crippen MR) is 94.5 cm³/mol. The van der Waals surface area contributed by atoms with Gasteiger partial charge < -0.3 is 14.4 Å². The van der Waals surface area contributed by atoms with Crippen molar-refractivity contribution in [3.8, 4) is 5.75 Å². The Bertz CT molecular complexity index is 733. The van der Waals surface area contributed by atoms with E-state index in [-0.39, 0.29) is 40.7 Å². The fraction of sp³-hybridized carbons (Fsp3) is 0.600. The van der Waals surface area contributed by atoms with E-state index in [1.165, 1.54) is 19.2 Å². The van der Waals surface area contributed by atoms with E-state index < -0.39 is 11.8 Å². The number of likely N-dealkylation sites (tertiary alicyclic amines) is 1. The third-order valence-electron chi connectivity index (χ3n) is 5.45. The van der Waals surface area contributed by atoms with Crippen LogP contribution in [0, 0.1) is 16.6 Å². The van der Waals surface area contributed by atoms with E-state index in [0.29, 0.717) is 6.54 Å². The molecule has 1 aromatic carbocycles. The summed E-state index contributed by atoms with van der Waals surface area (Å²) < 4.78 is 23.7. The number of fused-ring (bicyclic) bond motifs is 2. The number of hydrogen-bond acceptors (Lipinski definition) is 4. The van der Waals surface area contributed by atoms with Gasteiger partial charge in [-0.15, -0.1) is 0 Å². The van der Waals surface area contributed by atoms with Crippen molar-refractivity contribution >= 4 is 11.9 Å². The number of amides is 1. The van der Waals surface area contributed by atoms with Crippen molar-refractivity contribution in [3.63, 3.8) is 0 Å². The standard InChI is InChI=1S/C20H26FNO4/c1-19(2)8-14-9-20(3,11-19)12-22(14)17(23)10-26-18(24)13-5-6-16(25-4)15(21)7-13/h5-7,14H,8-12H2,1-4H3/t14-,20+/m1/s1. The highest BCUT2D eigenvalue weighted by Crippen LogP contribution is 2.52. The summed E-state index contributed by atoms with van der Waals surface area (Å²) in [5.41, 5.74) is 0.402. The van der Waals surface area contributed by atoms with Gasteiger partial charge in [-0.2, -0.15) is 0 Å². The molecule has 1 saturated carbocycles. The summed E-state index contributed by atoms with van der Waals surface area (Å²) >= 11 is 0. The van der Waals surface area contributed by atoms with E-state index in [9.17, 15) is 14.0 Å². The molecule has 1 saturated heterocycles. The molecule has 6 heteroatoms. The average molecular weight is 363 g/mol. The quantitative estimate of drug-likeness (QED) is 0.769. The maximum absolute atomic E-state index is 13.7. The van der Waals surface area contributed by atoms with Gasteiger partial charge in [0.15, 0.2) is 18.2 Å². The van der Waals surface area contributed by atoms with Crippen molar-refractivity contribution in [2.24, 2.45) is 10.8 Å². The topological polar surface area (TPSA) is 55.8 Å². The van der Waals surface area contributed by atoms with Crippen LogP contribution in [-0.4, -0.2) is 43.1 Å². The molecule has 0 N–H and O–H groups in total. The van der Waals surface area contributed by atoms with Gasteiger partial charge in [0.2, 0.25) is 0 Å². The van der Waals surface area contributed by atoms with Crippen LogP contribution in [0.15, 0.2) is 18.2 Å². The second-order valence-corrected chi connectivity index (χ2v) is 8.66. The van der Waals surface area contributed by atoms with Crippen molar-refractivity contribution in [2.75, 3.05) is 20.3 Å². The van der Waals surface area contributed by atoms with Gasteiger partial charge in [-0.05, 0) is 48.3 Å². The lowest BCUT2D eigenvalue weighted by Gasteiger charge is -2.39. The van der Waals surface area contributed by atoms with Gasteiger partial charge >= 0.3 is 5.97 Å². The molecular weight excluding hydrogens is 337 g/mol. The lowest BCUT2D eigenvalue weighted by Crippen LogP contribution is -2.39. The molecule has 2 atom stereocenters. The van der Waals surface area contributed by atoms with Crippen LogP contribution in [0.25, 0.3) is 0 Å². The Kier molecular flexibility index (Phi) is 4.71. The summed E-state index contributed by atoms with van der Waals surface area (Å²) in [7, 11) is 1.35. The molecule has 0 spiro atoms. The van der Waals surface area contributed by atoms with E-state index in [1.807, 2.05) is 4.90 Å². The molecule has 142 valence electrons. The summed E-state index contributed by atoms with van der Waals surface area (Å²) in [5, 5.41) is 0. The highest BCUT2D eigenvalue weighted by Gasteiger charge is 2.50. The molecule has 3 rings (SSSR count). The minimum atomic E-state index is -0.714. The van der Waals surface area contributed by atoms with Crippen LogP contribution in [0.4, 0.5) is 4.39 Å². The third-order valence-corrected chi connectivity index (χ3v) is 5.45. The molecule has 1 amide bonds. The molecule has 0 aromatic heterocycles. The highest BCUT2D eigenvalue weighted by atomic mass is 19.1. The first-order valence-electron chi connectivity index (χ1n) is 8.93. The molecule has 1 aliphatic heterocycles. The Morgan fingerprint density at radius 2 is 2.00 bits per heavy atom. The Morgan fingerprint density at radius 1 is 1.27 bits per heavy atom. The Morgan fingerprint density at radius 3 is 2.65 bits per heavy atom. The van der Waals surface area contributed by atoms with Gasteiger partial charge in [0.05, 0.1) is 12.7 Å². The van der Waals surface area contributed by atoms with Crippen LogP contribution < -0.4 is 4.74 Å². The average Bonchev–Trinajstić information content (AvgIpc) is 2.81. The van der Waals surface area contributed by atoms with E-state index in [4.69, 9.17) is 9.47 Å². The zero-order chi connectivity index (χ0) is 19.1. The normalized spacial score (nSPS) is 26.5. The molecule has 26 heavy (non-hydrogen) atoms. The molecule has 1 aliphatic carbocycles. The minimum Gasteiger partial charge on any atom is -0.494 e. The van der Waals surface area contributed by atoms with Gasteiger partial charge in [-0.1, -0.05) is 20.8 Å². The van der Waals surface area contributed by atoms with Gasteiger partial charge in [0, 0.05) is 12.6 Å². The Hall–Kier alpha value is -2.11. The molecule has 0 radical (unpaired) electrons. The van der Waals surface area contributed by atoms with Crippen LogP contribution in [-0.2, 0) is 9.53 Å². The van der Waals surface area contributed by atoms with E-state index in [1.54, 1.807) is 0 Å². The number of carbonyl (C=O) groups excluding carboxylic acids is 2. The number of nitrogens with zero attached hydrogens (tertiary/aromatic N) is 1. The summed E-state index contributed by atoms with van der Waals surface area (Å²) in [6.07, 6.45) is 3.05. The summed E-state index contributed by atoms with van der Waals surface area (Å²) in [6, 6.07) is 4.04. The molecule has 2 bridgehead atoms. The lowest BCUT2D eigenvalue weighted by atomic mass is 9.65. The molecule has 1 aromatic rings. The van der Waals surface area contributed by atoms with Gasteiger partial charge in [-0.3, -0.25) is 4.79 Å². The van der Waals surface area contributed by atoms with Gasteiger partial charge in [-0.25, -0.2) is 9.18 Å². The number of methoxy groups -OCH3 is 1. The molecule has 2 aliphatic rings. The zero-order valence-corrected chi connectivity index (χ0v) is 15.8. The highest BCUT2D eigenvalue weighted by molar-refractivity contribution is 5.91. The monoisotopic (exact) mass is 363 g/mol. The summed E-state index contributed by atoms with van der Waals surface area (Å²) in [6.45, 7) is 7.09. The Balaban J connectivity index is 1.61. The van der Waals surface area contributed by atoms with Gasteiger partial charge in [0.25, 0.3) is 5.91 Å². The minimum absolute atomic E-state index is 0.0535. The second kappa shape index (κ2) is 6.56. The van der Waals surface area contributed by atoms with Crippen LogP contribution in [0.1, 0.15) is 50.4 Å². The third kappa shape index (κ3) is 3.69. The molecule has 5 nitrogen and oxygen atoms in total. The first-order chi connectivity index (χ1) is 12.1. The van der Waals surface area contributed by atoms with E-state index in [0.717, 1.165) is 25.3 Å². The fourth-order valence-electron chi connectivity index (χ4n) is 4.84. The van der Waals surface area contributed by atoms with E-state index in [2.05, 4.69) is 20.8 Å². The summed E-state index contributed by atoms with van der Waals surface area (Å²) in [5.74, 6) is -1.48. The molecule has 2 fully saturated rings. The predicted octanol–water partition coefficient (Wildman–Crippen LogP) is 3.42. The number of esters is 1. The van der Waals surface area contributed by atoms with Crippen molar-refractivity contribution in [1.82, 2.24) is 4.90 Å². The van der Waals surface area contributed by atoms with Crippen molar-refractivity contribution < 1.29 is 23.5 Å². The van der Waals surface area contributed by atoms with E-state index >= 15 is 0 Å². The number of ether oxygens (including phenoxy) is 2. The largest absolute Gasteiger partial charge is 0.494 e. The van der Waals surface area contributed by atoms with Crippen LogP contribution in [0.5, 0.6) is 5.75 Å². The first-order valence-corrected chi connectivity index (χ1v) is 8.93. The lowest BCUT2D eigenvalue weighted by molar-refractivity contribution is -0.135. The van der Waals surface area contributed by atoms with Crippen molar-refractivity contribution in [1.29, 1.82) is 0 Å². The fourth-order valence-corrected chi connectivity index (χ4v) is 4.84. The maximum atomic E-state index is 13.7. The first kappa shape index (κ1) is 18.7. The number of rotatable bonds is 4. The van der Waals surface area contributed by atoms with Crippen LogP contribution in [0.3, 0.4) is 0 Å². The Labute approximate surface area is 153 Å². The SMILES string of the molecule is COc1ccc(C(=O)OCC(=O)N2C[C@@]3(C)C[C@H]2CC(C)(C)C3)cc1F. The van der Waals surface area contributed by atoms with Crippen LogP contribution >= 0.6 is 0 Å². The molecule has 1 heterocycles. The molecular formula is C20H26FNO4. The molecule has 0 unspecified atom stereocenters.